The second kappa shape index (κ2) is 7.26. The van der Waals surface area contributed by atoms with E-state index in [0.717, 1.165) is 18.5 Å². The standard InChI is InChI=1S/C18H19N3O4/c1-12-8-16(25-20-12)14-4-3-7-21(14)18(22)11-24-15-6-5-13(10-19)9-17(15)23-2/h5-6,8-9,14H,3-4,7,11H2,1-2H3/t14-/m1/s1. The first-order chi connectivity index (χ1) is 12.1. The Bertz CT molecular complexity index is 809. The Morgan fingerprint density at radius 1 is 1.44 bits per heavy atom. The van der Waals surface area contributed by atoms with Crippen LogP contribution in [-0.2, 0) is 4.79 Å². The van der Waals surface area contributed by atoms with Gasteiger partial charge in [0.1, 0.15) is 0 Å². The Labute approximate surface area is 145 Å². The summed E-state index contributed by atoms with van der Waals surface area (Å²) >= 11 is 0. The van der Waals surface area contributed by atoms with E-state index in [2.05, 4.69) is 5.16 Å². The molecule has 2 aromatic rings. The minimum absolute atomic E-state index is 0.0971. The van der Waals surface area contributed by atoms with Crippen LogP contribution in [0.5, 0.6) is 11.5 Å². The molecule has 1 saturated heterocycles. The third-order valence-corrected chi connectivity index (χ3v) is 4.19. The summed E-state index contributed by atoms with van der Waals surface area (Å²) < 4.78 is 16.2. The van der Waals surface area contributed by atoms with Crippen molar-refractivity contribution in [1.29, 1.82) is 5.26 Å². The van der Waals surface area contributed by atoms with E-state index < -0.39 is 0 Å². The van der Waals surface area contributed by atoms with Gasteiger partial charge in [-0.1, -0.05) is 5.16 Å². The number of ether oxygens (including phenoxy) is 2. The lowest BCUT2D eigenvalue weighted by Crippen LogP contribution is -2.34. The fourth-order valence-corrected chi connectivity index (χ4v) is 2.98. The summed E-state index contributed by atoms with van der Waals surface area (Å²) in [6, 6.07) is 8.64. The van der Waals surface area contributed by atoms with Gasteiger partial charge in [-0.25, -0.2) is 0 Å². The quantitative estimate of drug-likeness (QED) is 0.830. The molecule has 1 aromatic heterocycles. The molecule has 0 unspecified atom stereocenters. The van der Waals surface area contributed by atoms with Crippen LogP contribution in [0.2, 0.25) is 0 Å². The number of nitriles is 1. The second-order valence-electron chi connectivity index (χ2n) is 5.88. The van der Waals surface area contributed by atoms with Gasteiger partial charge in [0.05, 0.1) is 30.5 Å². The molecule has 0 aliphatic carbocycles. The summed E-state index contributed by atoms with van der Waals surface area (Å²) in [7, 11) is 1.49. The van der Waals surface area contributed by atoms with Crippen molar-refractivity contribution in [1.82, 2.24) is 10.1 Å². The first-order valence-corrected chi connectivity index (χ1v) is 8.06. The highest BCUT2D eigenvalue weighted by molar-refractivity contribution is 5.78. The van der Waals surface area contributed by atoms with Crippen molar-refractivity contribution < 1.29 is 18.8 Å². The van der Waals surface area contributed by atoms with Crippen molar-refractivity contribution in [3.63, 3.8) is 0 Å². The average molecular weight is 341 g/mol. The Hall–Kier alpha value is -3.01. The Morgan fingerprint density at radius 3 is 2.96 bits per heavy atom. The number of amides is 1. The molecule has 1 aliphatic heterocycles. The molecule has 1 aliphatic rings. The van der Waals surface area contributed by atoms with E-state index in [1.807, 2.05) is 19.1 Å². The average Bonchev–Trinajstić information content (AvgIpc) is 3.28. The Kier molecular flexibility index (Phi) is 4.89. The fraction of sp³-hybridized carbons (Fsp3) is 0.389. The van der Waals surface area contributed by atoms with Crippen molar-refractivity contribution >= 4 is 5.91 Å². The van der Waals surface area contributed by atoms with Gasteiger partial charge in [-0.3, -0.25) is 4.79 Å². The molecule has 7 nitrogen and oxygen atoms in total. The maximum atomic E-state index is 12.6. The predicted octanol–water partition coefficient (Wildman–Crippen LogP) is 2.61. The monoisotopic (exact) mass is 341 g/mol. The summed E-state index contributed by atoms with van der Waals surface area (Å²) in [5, 5.41) is 12.8. The van der Waals surface area contributed by atoms with Gasteiger partial charge >= 0.3 is 0 Å². The molecule has 0 bridgehead atoms. The lowest BCUT2D eigenvalue weighted by atomic mass is 10.1. The minimum Gasteiger partial charge on any atom is -0.493 e. The van der Waals surface area contributed by atoms with Crippen LogP contribution < -0.4 is 9.47 Å². The van der Waals surface area contributed by atoms with Crippen molar-refractivity contribution in [2.75, 3.05) is 20.3 Å². The summed E-state index contributed by atoms with van der Waals surface area (Å²) in [4.78, 5) is 14.3. The summed E-state index contributed by atoms with van der Waals surface area (Å²) in [5.74, 6) is 1.44. The van der Waals surface area contributed by atoms with Gasteiger partial charge in [-0.15, -0.1) is 0 Å². The van der Waals surface area contributed by atoms with Gasteiger partial charge in [-0.2, -0.15) is 5.26 Å². The van der Waals surface area contributed by atoms with Crippen LogP contribution >= 0.6 is 0 Å². The van der Waals surface area contributed by atoms with Crippen molar-refractivity contribution in [3.05, 3.63) is 41.3 Å². The van der Waals surface area contributed by atoms with Crippen LogP contribution in [0.15, 0.2) is 28.8 Å². The van der Waals surface area contributed by atoms with E-state index in [0.29, 0.717) is 29.4 Å². The number of likely N-dealkylation sites (tertiary alicyclic amines) is 1. The lowest BCUT2D eigenvalue weighted by Gasteiger charge is -2.23. The van der Waals surface area contributed by atoms with Crippen molar-refractivity contribution in [2.24, 2.45) is 0 Å². The molecule has 1 fully saturated rings. The summed E-state index contributed by atoms with van der Waals surface area (Å²) in [5.41, 5.74) is 1.27. The number of aryl methyl sites for hydroxylation is 1. The van der Waals surface area contributed by atoms with Crippen LogP contribution in [0, 0.1) is 18.3 Å². The molecule has 0 N–H and O–H groups in total. The number of carbonyl (C=O) groups excluding carboxylic acids is 1. The molecule has 1 aromatic carbocycles. The molecule has 0 saturated carbocycles. The molecule has 1 atom stereocenters. The Balaban J connectivity index is 1.67. The smallest absolute Gasteiger partial charge is 0.261 e. The van der Waals surface area contributed by atoms with E-state index in [1.165, 1.54) is 7.11 Å². The zero-order chi connectivity index (χ0) is 17.8. The molecule has 130 valence electrons. The maximum absolute atomic E-state index is 12.6. The number of rotatable bonds is 5. The van der Waals surface area contributed by atoms with E-state index in [9.17, 15) is 4.79 Å². The Morgan fingerprint density at radius 2 is 2.28 bits per heavy atom. The predicted molar refractivity (Wildman–Crippen MR) is 88.1 cm³/mol. The van der Waals surface area contributed by atoms with E-state index >= 15 is 0 Å². The zero-order valence-corrected chi connectivity index (χ0v) is 14.2. The molecule has 0 radical (unpaired) electrons. The number of carbonyl (C=O) groups is 1. The van der Waals surface area contributed by atoms with Gasteiger partial charge in [0.25, 0.3) is 5.91 Å². The molecule has 1 amide bonds. The van der Waals surface area contributed by atoms with Crippen molar-refractivity contribution in [2.45, 2.75) is 25.8 Å². The molecule has 7 heteroatoms. The number of nitrogens with zero attached hydrogens (tertiary/aromatic N) is 3. The molecular weight excluding hydrogens is 322 g/mol. The number of methoxy groups -OCH3 is 1. The third-order valence-electron chi connectivity index (χ3n) is 4.19. The molecule has 2 heterocycles. The van der Waals surface area contributed by atoms with Crippen LogP contribution in [-0.4, -0.2) is 36.2 Å². The van der Waals surface area contributed by atoms with Crippen molar-refractivity contribution in [3.8, 4) is 17.6 Å². The van der Waals surface area contributed by atoms with Gasteiger partial charge in [-0.05, 0) is 31.9 Å². The molecular formula is C18H19N3O4. The highest BCUT2D eigenvalue weighted by atomic mass is 16.5. The second-order valence-corrected chi connectivity index (χ2v) is 5.88. The first-order valence-electron chi connectivity index (χ1n) is 8.06. The van der Waals surface area contributed by atoms with Gasteiger partial charge in [0.2, 0.25) is 0 Å². The SMILES string of the molecule is COc1cc(C#N)ccc1OCC(=O)N1CCC[C@@H]1c1cc(C)no1. The number of hydrogen-bond acceptors (Lipinski definition) is 6. The van der Waals surface area contributed by atoms with Crippen LogP contribution in [0.3, 0.4) is 0 Å². The first kappa shape index (κ1) is 16.8. The van der Waals surface area contributed by atoms with Gasteiger partial charge in [0.15, 0.2) is 23.9 Å². The van der Waals surface area contributed by atoms with E-state index in [1.54, 1.807) is 23.1 Å². The number of hydrogen-bond donors (Lipinski definition) is 0. The van der Waals surface area contributed by atoms with E-state index in [-0.39, 0.29) is 18.6 Å². The molecule has 25 heavy (non-hydrogen) atoms. The molecule has 0 spiro atoms. The maximum Gasteiger partial charge on any atom is 0.261 e. The number of benzene rings is 1. The largest absolute Gasteiger partial charge is 0.493 e. The fourth-order valence-electron chi connectivity index (χ4n) is 2.98. The molecule has 3 rings (SSSR count). The normalized spacial score (nSPS) is 16.5. The highest BCUT2D eigenvalue weighted by Crippen LogP contribution is 2.33. The summed E-state index contributed by atoms with van der Waals surface area (Å²) in [6.45, 7) is 2.41. The van der Waals surface area contributed by atoms with Crippen LogP contribution in [0.25, 0.3) is 0 Å². The van der Waals surface area contributed by atoms with Gasteiger partial charge in [0, 0.05) is 18.7 Å². The van der Waals surface area contributed by atoms with Crippen LogP contribution in [0.4, 0.5) is 0 Å². The minimum atomic E-state index is -0.122. The van der Waals surface area contributed by atoms with Crippen LogP contribution in [0.1, 0.15) is 35.9 Å². The van der Waals surface area contributed by atoms with Gasteiger partial charge < -0.3 is 18.9 Å². The topological polar surface area (TPSA) is 88.6 Å². The third kappa shape index (κ3) is 3.58. The lowest BCUT2D eigenvalue weighted by molar-refractivity contribution is -0.134. The highest BCUT2D eigenvalue weighted by Gasteiger charge is 2.32. The number of aromatic nitrogens is 1. The van der Waals surface area contributed by atoms with E-state index in [4.69, 9.17) is 19.3 Å². The summed E-state index contributed by atoms with van der Waals surface area (Å²) in [6.07, 6.45) is 1.76. The zero-order valence-electron chi connectivity index (χ0n) is 14.2.